The molecule has 8 heavy (non-hydrogen) atoms. The topological polar surface area (TPSA) is 42.0 Å². The van der Waals surface area contributed by atoms with Crippen LogP contribution in [0.25, 0.3) is 0 Å². The third-order valence-corrected chi connectivity index (χ3v) is 1.64. The van der Waals surface area contributed by atoms with Gasteiger partial charge in [-0.2, -0.15) is 0 Å². The molecule has 0 radical (unpaired) electrons. The number of epoxide rings is 1. The normalized spacial score (nSPS) is 40.9. The summed E-state index contributed by atoms with van der Waals surface area (Å²) in [6.07, 6.45) is 0.0799. The molecule has 2 rings (SSSR count). The van der Waals surface area contributed by atoms with E-state index >= 15 is 0 Å². The first-order valence-electron chi connectivity index (χ1n) is 2.73. The molecule has 3 nitrogen and oxygen atoms in total. The molecule has 2 fully saturated rings. The van der Waals surface area contributed by atoms with Crippen molar-refractivity contribution < 1.29 is 14.6 Å². The minimum absolute atomic E-state index is 0.0799. The van der Waals surface area contributed by atoms with Gasteiger partial charge in [0.05, 0.1) is 19.8 Å². The number of aliphatic hydroxyl groups is 1. The van der Waals surface area contributed by atoms with E-state index in [9.17, 15) is 5.11 Å². The molecule has 0 amide bonds. The van der Waals surface area contributed by atoms with Crippen molar-refractivity contribution in [1.29, 1.82) is 0 Å². The molecule has 1 atom stereocenters. The van der Waals surface area contributed by atoms with Gasteiger partial charge in [-0.05, 0) is 0 Å². The average molecular weight is 116 g/mol. The fourth-order valence-electron chi connectivity index (χ4n) is 0.855. The molecule has 46 valence electrons. The highest BCUT2D eigenvalue weighted by Gasteiger charge is 2.51. The average Bonchev–Trinajstić information content (AvgIpc) is 2.38. The van der Waals surface area contributed by atoms with Crippen molar-refractivity contribution in [2.45, 2.75) is 11.7 Å². The van der Waals surface area contributed by atoms with E-state index in [1.807, 2.05) is 0 Å². The first-order valence-corrected chi connectivity index (χ1v) is 2.73. The second-order valence-corrected chi connectivity index (χ2v) is 2.42. The largest absolute Gasteiger partial charge is 0.382 e. The van der Waals surface area contributed by atoms with Crippen molar-refractivity contribution in [2.75, 3.05) is 19.8 Å². The fourth-order valence-corrected chi connectivity index (χ4v) is 0.855. The summed E-state index contributed by atoms with van der Waals surface area (Å²) in [4.78, 5) is 0. The van der Waals surface area contributed by atoms with Crippen LogP contribution in [-0.2, 0) is 9.47 Å². The van der Waals surface area contributed by atoms with Crippen LogP contribution >= 0.6 is 0 Å². The van der Waals surface area contributed by atoms with Gasteiger partial charge in [-0.1, -0.05) is 0 Å². The summed E-state index contributed by atoms with van der Waals surface area (Å²) in [5.74, 6) is 0. The van der Waals surface area contributed by atoms with Crippen molar-refractivity contribution in [2.24, 2.45) is 0 Å². The van der Waals surface area contributed by atoms with Crippen LogP contribution < -0.4 is 0 Å². The van der Waals surface area contributed by atoms with Gasteiger partial charge in [0, 0.05) is 0 Å². The van der Waals surface area contributed by atoms with Gasteiger partial charge in [0.1, 0.15) is 11.7 Å². The van der Waals surface area contributed by atoms with Crippen molar-refractivity contribution in [3.63, 3.8) is 0 Å². The van der Waals surface area contributed by atoms with Gasteiger partial charge in [-0.25, -0.2) is 0 Å². The van der Waals surface area contributed by atoms with Gasteiger partial charge >= 0.3 is 0 Å². The van der Waals surface area contributed by atoms with Crippen LogP contribution in [0, 0.1) is 0 Å². The second-order valence-electron chi connectivity index (χ2n) is 2.42. The molecule has 0 aromatic rings. The molecule has 0 bridgehead atoms. The Labute approximate surface area is 47.2 Å². The van der Waals surface area contributed by atoms with Crippen LogP contribution in [-0.4, -0.2) is 36.6 Å². The number of ether oxygens (including phenoxy) is 2. The quantitative estimate of drug-likeness (QED) is 0.453. The van der Waals surface area contributed by atoms with E-state index < -0.39 is 5.60 Å². The van der Waals surface area contributed by atoms with Crippen molar-refractivity contribution in [3.8, 4) is 0 Å². The van der Waals surface area contributed by atoms with E-state index in [1.165, 1.54) is 0 Å². The van der Waals surface area contributed by atoms with E-state index in [4.69, 9.17) is 9.47 Å². The fraction of sp³-hybridized carbons (Fsp3) is 1.00. The predicted molar refractivity (Wildman–Crippen MR) is 25.5 cm³/mol. The summed E-state index contributed by atoms with van der Waals surface area (Å²) in [5, 5.41) is 9.30. The smallest absolute Gasteiger partial charge is 0.139 e. The Morgan fingerprint density at radius 2 is 2.12 bits per heavy atom. The lowest BCUT2D eigenvalue weighted by atomic mass is 9.99. The summed E-state index contributed by atoms with van der Waals surface area (Å²) >= 11 is 0. The van der Waals surface area contributed by atoms with E-state index in [0.29, 0.717) is 19.8 Å². The van der Waals surface area contributed by atoms with Gasteiger partial charge in [-0.3, -0.25) is 0 Å². The maximum Gasteiger partial charge on any atom is 0.139 e. The van der Waals surface area contributed by atoms with E-state index in [-0.39, 0.29) is 6.10 Å². The maximum atomic E-state index is 9.30. The molecule has 2 aliphatic rings. The minimum atomic E-state index is -0.611. The monoisotopic (exact) mass is 116 g/mol. The first-order chi connectivity index (χ1) is 3.81. The third-order valence-electron chi connectivity index (χ3n) is 1.64. The van der Waals surface area contributed by atoms with E-state index in [0.717, 1.165) is 0 Å². The summed E-state index contributed by atoms with van der Waals surface area (Å²) in [7, 11) is 0. The van der Waals surface area contributed by atoms with Crippen LogP contribution in [0.1, 0.15) is 0 Å². The lowest BCUT2D eigenvalue weighted by molar-refractivity contribution is -0.188. The molecule has 0 spiro atoms. The Hall–Kier alpha value is -0.120. The highest BCUT2D eigenvalue weighted by Crippen LogP contribution is 2.30. The van der Waals surface area contributed by atoms with Gasteiger partial charge in [-0.15, -0.1) is 0 Å². The Kier molecular flexibility index (Phi) is 0.730. The zero-order chi connectivity index (χ0) is 5.61. The molecule has 2 heterocycles. The molecular formula is C5H8O3. The van der Waals surface area contributed by atoms with Crippen LogP contribution in [0.2, 0.25) is 0 Å². The summed E-state index contributed by atoms with van der Waals surface area (Å²) in [5.41, 5.74) is -0.611. The zero-order valence-corrected chi connectivity index (χ0v) is 4.46. The lowest BCUT2D eigenvalue weighted by Crippen LogP contribution is -2.54. The van der Waals surface area contributed by atoms with E-state index in [2.05, 4.69) is 0 Å². The number of rotatable bonds is 1. The molecule has 2 saturated heterocycles. The maximum absolute atomic E-state index is 9.30. The highest BCUT2D eigenvalue weighted by molar-refractivity contribution is 4.98. The van der Waals surface area contributed by atoms with Gasteiger partial charge in [0.2, 0.25) is 0 Å². The number of hydrogen-bond acceptors (Lipinski definition) is 3. The van der Waals surface area contributed by atoms with Crippen molar-refractivity contribution in [3.05, 3.63) is 0 Å². The molecule has 0 aromatic heterocycles. The second kappa shape index (κ2) is 1.23. The lowest BCUT2D eigenvalue weighted by Gasteiger charge is -2.34. The molecule has 0 saturated carbocycles. The zero-order valence-electron chi connectivity index (χ0n) is 4.46. The van der Waals surface area contributed by atoms with Crippen molar-refractivity contribution >= 4 is 0 Å². The Morgan fingerprint density at radius 1 is 1.50 bits per heavy atom. The van der Waals surface area contributed by atoms with Gasteiger partial charge in [0.15, 0.2) is 0 Å². The predicted octanol–water partition coefficient (Wildman–Crippen LogP) is -0.854. The molecular weight excluding hydrogens is 108 g/mol. The van der Waals surface area contributed by atoms with Crippen molar-refractivity contribution in [1.82, 2.24) is 0 Å². The molecule has 0 aromatic carbocycles. The summed E-state index contributed by atoms with van der Waals surface area (Å²) < 4.78 is 9.69. The SMILES string of the molecule is OC1(C2CO2)COC1. The Balaban J connectivity index is 1.99. The Bertz CT molecular complexity index is 104. The minimum Gasteiger partial charge on any atom is -0.382 e. The molecule has 0 aliphatic carbocycles. The molecule has 1 unspecified atom stereocenters. The summed E-state index contributed by atoms with van der Waals surface area (Å²) in [6, 6.07) is 0. The van der Waals surface area contributed by atoms with E-state index in [1.54, 1.807) is 0 Å². The standard InChI is InChI=1S/C5H8O3/c6-5(2-7-3-5)4-1-8-4/h4,6H,1-3H2. The molecule has 2 aliphatic heterocycles. The molecule has 1 N–H and O–H groups in total. The van der Waals surface area contributed by atoms with Crippen LogP contribution in [0.3, 0.4) is 0 Å². The van der Waals surface area contributed by atoms with Gasteiger partial charge < -0.3 is 14.6 Å². The molecule has 3 heteroatoms. The highest BCUT2D eigenvalue weighted by atomic mass is 16.6. The summed E-state index contributed by atoms with van der Waals surface area (Å²) in [6.45, 7) is 1.62. The Morgan fingerprint density at radius 3 is 2.25 bits per heavy atom. The third kappa shape index (κ3) is 0.491. The first kappa shape index (κ1) is 4.73. The van der Waals surface area contributed by atoms with Crippen LogP contribution in [0.4, 0.5) is 0 Å². The number of hydrogen-bond donors (Lipinski definition) is 1. The van der Waals surface area contributed by atoms with Crippen LogP contribution in [0.15, 0.2) is 0 Å². The van der Waals surface area contributed by atoms with Gasteiger partial charge in [0.25, 0.3) is 0 Å². The van der Waals surface area contributed by atoms with Crippen LogP contribution in [0.5, 0.6) is 0 Å².